The molecule has 12 nitrogen and oxygen atoms in total. The molecule has 0 atom stereocenters. The van der Waals surface area contributed by atoms with Gasteiger partial charge in [-0.25, -0.2) is 14.8 Å². The Labute approximate surface area is 346 Å². The number of ether oxygens (including phenoxy) is 3. The number of anilines is 1. The quantitative estimate of drug-likeness (QED) is 0.155. The lowest BCUT2D eigenvalue weighted by Crippen LogP contribution is -2.57. The van der Waals surface area contributed by atoms with Crippen LogP contribution >= 0.6 is 23.2 Å². The van der Waals surface area contributed by atoms with Crippen molar-refractivity contribution in [2.45, 2.75) is 90.9 Å². The maximum absolute atomic E-state index is 13.7. The lowest BCUT2D eigenvalue weighted by atomic mass is 10.0. The van der Waals surface area contributed by atoms with Gasteiger partial charge < -0.3 is 28.9 Å². The summed E-state index contributed by atoms with van der Waals surface area (Å²) < 4.78 is 23.5. The number of fused-ring (bicyclic) bond motifs is 1. The van der Waals surface area contributed by atoms with Crippen LogP contribution in [0.25, 0.3) is 22.4 Å². The van der Waals surface area contributed by atoms with Gasteiger partial charge in [-0.05, 0) is 51.4 Å². The second-order valence-corrected chi connectivity index (χ2v) is 22.5. The lowest BCUT2D eigenvalue weighted by Gasteiger charge is -2.46. The third-order valence-electron chi connectivity index (χ3n) is 10.6. The van der Waals surface area contributed by atoms with Crippen molar-refractivity contribution in [1.82, 2.24) is 24.8 Å². The Bertz CT molecular complexity index is 2170. The summed E-state index contributed by atoms with van der Waals surface area (Å²) in [6.07, 6.45) is 1.99. The van der Waals surface area contributed by atoms with Crippen LogP contribution < -0.4 is 14.8 Å². The first-order chi connectivity index (χ1) is 26.8. The van der Waals surface area contributed by atoms with E-state index < -0.39 is 25.9 Å². The number of nitrogens with zero attached hydrogens (tertiary/aromatic N) is 5. The Morgan fingerprint density at radius 1 is 0.930 bits per heavy atom. The molecule has 15 heteroatoms. The van der Waals surface area contributed by atoms with Gasteiger partial charge in [-0.3, -0.25) is 14.7 Å². The van der Waals surface area contributed by atoms with Crippen molar-refractivity contribution in [2.24, 2.45) is 0 Å². The van der Waals surface area contributed by atoms with Gasteiger partial charge in [0.1, 0.15) is 22.7 Å². The zero-order chi connectivity index (χ0) is 41.4. The van der Waals surface area contributed by atoms with Gasteiger partial charge in [-0.1, -0.05) is 74.3 Å². The topological polar surface area (TPSA) is 128 Å². The maximum Gasteiger partial charge on any atom is 0.410 e. The summed E-state index contributed by atoms with van der Waals surface area (Å²) >= 11 is 14.1. The van der Waals surface area contributed by atoms with Crippen LogP contribution in [0.2, 0.25) is 28.2 Å². The molecule has 0 spiro atoms. The highest BCUT2D eigenvalue weighted by molar-refractivity contribution is 6.74. The van der Waals surface area contributed by atoms with Crippen LogP contribution in [0, 0.1) is 0 Å². The molecular formula is C42H52Cl2N6O6Si. The summed E-state index contributed by atoms with van der Waals surface area (Å²) in [4.78, 5) is 44.6. The van der Waals surface area contributed by atoms with Gasteiger partial charge in [0.2, 0.25) is 5.88 Å². The molecule has 304 valence electrons. The van der Waals surface area contributed by atoms with Crippen LogP contribution in [0.3, 0.4) is 0 Å². The molecule has 0 saturated carbocycles. The highest BCUT2D eigenvalue weighted by Crippen LogP contribution is 2.42. The predicted octanol–water partition coefficient (Wildman–Crippen LogP) is 9.28. The van der Waals surface area contributed by atoms with Crippen molar-refractivity contribution >= 4 is 49.2 Å². The van der Waals surface area contributed by atoms with E-state index in [-0.39, 0.29) is 28.4 Å². The number of aromatic nitrogens is 3. The Hall–Kier alpha value is -4.27. The highest BCUT2D eigenvalue weighted by Gasteiger charge is 2.42. The molecule has 2 aliphatic rings. The summed E-state index contributed by atoms with van der Waals surface area (Å²) in [5.41, 5.74) is 4.42. The molecule has 1 N–H and O–H groups in total. The van der Waals surface area contributed by atoms with E-state index in [0.717, 1.165) is 24.3 Å². The summed E-state index contributed by atoms with van der Waals surface area (Å²) in [5, 5.41) is 3.77. The number of methoxy groups -OCH3 is 2. The van der Waals surface area contributed by atoms with Crippen LogP contribution in [0.4, 0.5) is 10.5 Å². The molecule has 4 aromatic rings. The number of benzene rings is 2. The average molecular weight is 836 g/mol. The van der Waals surface area contributed by atoms with Crippen molar-refractivity contribution in [3.63, 3.8) is 0 Å². The molecule has 2 aromatic carbocycles. The second kappa shape index (κ2) is 16.5. The average Bonchev–Trinajstić information content (AvgIpc) is 3.13. The standard InChI is InChI=1S/C42H52Cl2N6O6Si/c1-41(2,3)55-40(52)50-18-17-28-33(24-50)46-31(19-35(28)53-7)38(51)47-30-16-12-14-27(37(30)44)26-13-11-15-29(36(26)43)32-20-45-34(39(48-32)54-8)23-49-21-25(22-49)56-57(9,10)42(4,5)6/h11-16,19-20,25H,17-18,21-24H2,1-10H3,(H,47,51). The minimum Gasteiger partial charge on any atom is -0.496 e. The monoisotopic (exact) mass is 834 g/mol. The fourth-order valence-electron chi connectivity index (χ4n) is 6.58. The van der Waals surface area contributed by atoms with Crippen molar-refractivity contribution in [2.75, 3.05) is 39.2 Å². The third kappa shape index (κ3) is 9.39. The van der Waals surface area contributed by atoms with E-state index >= 15 is 0 Å². The SMILES string of the molecule is COc1cc(C(=O)Nc2cccc(-c3cccc(-c4cnc(CN5CC(O[Si](C)(C)C(C)(C)C)C5)c(OC)n4)c3Cl)c2Cl)nc2c1CCN(C(=O)OC(C)(C)C)C2. The third-order valence-corrected chi connectivity index (χ3v) is 16.0. The number of amides is 2. The smallest absolute Gasteiger partial charge is 0.410 e. The Kier molecular flexibility index (Phi) is 12.3. The molecule has 0 bridgehead atoms. The molecule has 0 radical (unpaired) electrons. The number of hydrogen-bond donors (Lipinski definition) is 1. The number of likely N-dealkylation sites (tertiary alicyclic amines) is 1. The minimum absolute atomic E-state index is 0.113. The van der Waals surface area contributed by atoms with E-state index in [4.69, 9.17) is 51.8 Å². The number of pyridine rings is 1. The molecule has 1 fully saturated rings. The Morgan fingerprint density at radius 2 is 1.60 bits per heavy atom. The first-order valence-corrected chi connectivity index (χ1v) is 22.7. The molecule has 6 rings (SSSR count). The van der Waals surface area contributed by atoms with E-state index in [2.05, 4.69) is 49.1 Å². The van der Waals surface area contributed by atoms with Gasteiger partial charge in [0.25, 0.3) is 5.91 Å². The zero-order valence-corrected chi connectivity index (χ0v) is 36.9. The maximum atomic E-state index is 13.7. The first kappa shape index (κ1) is 42.3. The van der Waals surface area contributed by atoms with Crippen LogP contribution in [0.1, 0.15) is 69.0 Å². The number of nitrogens with one attached hydrogen (secondary N) is 1. The molecule has 2 aliphatic heterocycles. The Balaban J connectivity index is 1.18. The van der Waals surface area contributed by atoms with Gasteiger partial charge in [-0.15, -0.1) is 0 Å². The number of carbonyl (C=O) groups is 2. The second-order valence-electron chi connectivity index (χ2n) is 17.0. The van der Waals surface area contributed by atoms with Crippen molar-refractivity contribution in [3.05, 3.63) is 81.4 Å². The van der Waals surface area contributed by atoms with Gasteiger partial charge in [0.05, 0.1) is 60.2 Å². The van der Waals surface area contributed by atoms with Crippen LogP contribution in [-0.4, -0.2) is 90.6 Å². The van der Waals surface area contributed by atoms with E-state index in [1.165, 1.54) is 0 Å². The zero-order valence-electron chi connectivity index (χ0n) is 34.4. The highest BCUT2D eigenvalue weighted by atomic mass is 35.5. The summed E-state index contributed by atoms with van der Waals surface area (Å²) in [7, 11) is 1.29. The molecule has 2 amide bonds. The minimum atomic E-state index is -1.84. The van der Waals surface area contributed by atoms with Crippen LogP contribution in [0.15, 0.2) is 48.7 Å². The summed E-state index contributed by atoms with van der Waals surface area (Å²) in [6.45, 7) is 19.7. The number of carbonyl (C=O) groups excluding carboxylic acids is 2. The fraction of sp³-hybridized carbons (Fsp3) is 0.452. The number of hydrogen-bond acceptors (Lipinski definition) is 10. The van der Waals surface area contributed by atoms with E-state index in [1.54, 1.807) is 43.5 Å². The molecule has 57 heavy (non-hydrogen) atoms. The van der Waals surface area contributed by atoms with Gasteiger partial charge in [-0.2, -0.15) is 0 Å². The predicted molar refractivity (Wildman–Crippen MR) is 226 cm³/mol. The van der Waals surface area contributed by atoms with E-state index in [9.17, 15) is 9.59 Å². The molecule has 0 aliphatic carbocycles. The number of halogens is 2. The summed E-state index contributed by atoms with van der Waals surface area (Å²) in [5.74, 6) is 0.449. The first-order valence-electron chi connectivity index (χ1n) is 19.0. The molecule has 2 aromatic heterocycles. The molecule has 1 saturated heterocycles. The van der Waals surface area contributed by atoms with Crippen molar-refractivity contribution in [3.8, 4) is 34.0 Å². The van der Waals surface area contributed by atoms with E-state index in [0.29, 0.717) is 69.9 Å². The molecule has 4 heterocycles. The van der Waals surface area contributed by atoms with E-state index in [1.807, 2.05) is 45.0 Å². The van der Waals surface area contributed by atoms with Crippen molar-refractivity contribution in [1.29, 1.82) is 0 Å². The largest absolute Gasteiger partial charge is 0.496 e. The van der Waals surface area contributed by atoms with Gasteiger partial charge in [0, 0.05) is 54.5 Å². The molecule has 0 unspecified atom stereocenters. The van der Waals surface area contributed by atoms with Gasteiger partial charge in [0.15, 0.2) is 8.32 Å². The molecular weight excluding hydrogens is 783 g/mol. The normalized spacial score (nSPS) is 15.1. The van der Waals surface area contributed by atoms with Crippen molar-refractivity contribution < 1.29 is 28.2 Å². The number of rotatable bonds is 10. The Morgan fingerprint density at radius 3 is 2.25 bits per heavy atom. The lowest BCUT2D eigenvalue weighted by molar-refractivity contribution is 0.00440. The van der Waals surface area contributed by atoms with Crippen LogP contribution in [0.5, 0.6) is 11.6 Å². The van der Waals surface area contributed by atoms with Gasteiger partial charge >= 0.3 is 6.09 Å². The van der Waals surface area contributed by atoms with Crippen LogP contribution in [-0.2, 0) is 28.7 Å². The fourth-order valence-corrected chi connectivity index (χ4v) is 8.51. The summed E-state index contributed by atoms with van der Waals surface area (Å²) in [6, 6.07) is 12.5.